The summed E-state index contributed by atoms with van der Waals surface area (Å²) in [7, 11) is 0. The van der Waals surface area contributed by atoms with Gasteiger partial charge in [-0.15, -0.1) is 0 Å². The molecule has 1 fully saturated rings. The van der Waals surface area contributed by atoms with Gasteiger partial charge >= 0.3 is 0 Å². The third kappa shape index (κ3) is 3.80. The first-order valence-corrected chi connectivity index (χ1v) is 7.01. The molecule has 4 nitrogen and oxygen atoms in total. The maximum atomic E-state index is 5.50. The molecular weight excluding hydrogens is 212 g/mol. The second kappa shape index (κ2) is 6.74. The Labute approximate surface area is 103 Å². The molecule has 0 spiro atoms. The molecule has 0 bridgehead atoms. The van der Waals surface area contributed by atoms with Crippen LogP contribution in [-0.2, 0) is 6.42 Å². The number of nitrogens with one attached hydrogen (secondary N) is 1. The molecule has 17 heavy (non-hydrogen) atoms. The first-order chi connectivity index (χ1) is 8.40. The highest BCUT2D eigenvalue weighted by Gasteiger charge is 2.17. The average Bonchev–Trinajstić information content (AvgIpc) is 2.74. The van der Waals surface area contributed by atoms with Gasteiger partial charge in [-0.2, -0.15) is 5.10 Å². The van der Waals surface area contributed by atoms with E-state index in [0.29, 0.717) is 5.92 Å². The monoisotopic (exact) mass is 236 g/mol. The van der Waals surface area contributed by atoms with E-state index in [1.54, 1.807) is 0 Å². The van der Waals surface area contributed by atoms with Gasteiger partial charge in [0.25, 0.3) is 0 Å². The van der Waals surface area contributed by atoms with E-state index in [0.717, 1.165) is 31.0 Å². The maximum Gasteiger partial charge on any atom is 0.153 e. The van der Waals surface area contributed by atoms with Crippen LogP contribution >= 0.6 is 0 Å². The van der Waals surface area contributed by atoms with Crippen molar-refractivity contribution in [3.05, 3.63) is 11.6 Å². The molecule has 1 aliphatic carbocycles. The first kappa shape index (κ1) is 12.6. The summed E-state index contributed by atoms with van der Waals surface area (Å²) in [5.41, 5.74) is 5.50. The highest BCUT2D eigenvalue weighted by molar-refractivity contribution is 4.98. The van der Waals surface area contributed by atoms with Crippen LogP contribution in [-0.4, -0.2) is 21.7 Å². The molecule has 0 amide bonds. The van der Waals surface area contributed by atoms with Crippen LogP contribution in [0.3, 0.4) is 0 Å². The Hall–Kier alpha value is -0.900. The van der Waals surface area contributed by atoms with Crippen molar-refractivity contribution in [2.45, 2.75) is 63.7 Å². The molecule has 0 saturated heterocycles. The predicted molar refractivity (Wildman–Crippen MR) is 68.8 cm³/mol. The summed E-state index contributed by atoms with van der Waals surface area (Å²) < 4.78 is 0. The second-order valence-corrected chi connectivity index (χ2v) is 5.07. The lowest BCUT2D eigenvalue weighted by Gasteiger charge is -2.16. The van der Waals surface area contributed by atoms with Crippen LogP contribution in [0, 0.1) is 0 Å². The number of aromatic nitrogens is 3. The summed E-state index contributed by atoms with van der Waals surface area (Å²) in [5, 5.41) is 7.45. The van der Waals surface area contributed by atoms with E-state index in [9.17, 15) is 0 Å². The number of H-pyrrole nitrogens is 1. The van der Waals surface area contributed by atoms with Crippen molar-refractivity contribution in [2.75, 3.05) is 6.54 Å². The molecule has 96 valence electrons. The number of nitrogens with two attached hydrogens (primary N) is 1. The summed E-state index contributed by atoms with van der Waals surface area (Å²) in [6, 6.07) is 0. The molecule has 0 unspecified atom stereocenters. The van der Waals surface area contributed by atoms with E-state index in [1.807, 2.05) is 0 Å². The molecule has 3 N–H and O–H groups in total. The van der Waals surface area contributed by atoms with Gasteiger partial charge in [0.2, 0.25) is 0 Å². The van der Waals surface area contributed by atoms with Gasteiger partial charge in [0, 0.05) is 12.3 Å². The average molecular weight is 236 g/mol. The zero-order chi connectivity index (χ0) is 11.9. The van der Waals surface area contributed by atoms with Crippen LogP contribution in [0.25, 0.3) is 0 Å². The molecule has 1 saturated carbocycles. The van der Waals surface area contributed by atoms with E-state index >= 15 is 0 Å². The molecule has 1 aromatic rings. The number of nitrogens with zero attached hydrogens (tertiary/aromatic N) is 2. The lowest BCUT2D eigenvalue weighted by Crippen LogP contribution is -2.05. The van der Waals surface area contributed by atoms with E-state index in [-0.39, 0.29) is 0 Å². The van der Waals surface area contributed by atoms with Crippen molar-refractivity contribution < 1.29 is 0 Å². The van der Waals surface area contributed by atoms with E-state index in [2.05, 4.69) is 15.2 Å². The number of hydrogen-bond acceptors (Lipinski definition) is 3. The van der Waals surface area contributed by atoms with E-state index in [1.165, 1.54) is 44.9 Å². The molecule has 0 aromatic carbocycles. The van der Waals surface area contributed by atoms with E-state index in [4.69, 9.17) is 5.73 Å². The summed E-state index contributed by atoms with van der Waals surface area (Å²) >= 11 is 0. The number of aryl methyl sites for hydroxylation is 1. The third-order valence-corrected chi connectivity index (χ3v) is 3.64. The smallest absolute Gasteiger partial charge is 0.153 e. The molecule has 2 rings (SSSR count). The van der Waals surface area contributed by atoms with Gasteiger partial charge in [0.1, 0.15) is 5.82 Å². The molecular formula is C13H24N4. The fourth-order valence-corrected chi connectivity index (χ4v) is 2.59. The first-order valence-electron chi connectivity index (χ1n) is 7.01. The zero-order valence-corrected chi connectivity index (χ0v) is 10.6. The Morgan fingerprint density at radius 1 is 1.12 bits per heavy atom. The van der Waals surface area contributed by atoms with Gasteiger partial charge in [0.15, 0.2) is 5.82 Å². The van der Waals surface area contributed by atoms with Crippen LogP contribution < -0.4 is 5.73 Å². The predicted octanol–water partition coefficient (Wildman–Crippen LogP) is 2.52. The fraction of sp³-hybridized carbons (Fsp3) is 0.846. The lowest BCUT2D eigenvalue weighted by atomic mass is 9.91. The van der Waals surface area contributed by atoms with Gasteiger partial charge < -0.3 is 5.73 Å². The van der Waals surface area contributed by atoms with Gasteiger partial charge in [-0.05, 0) is 25.8 Å². The van der Waals surface area contributed by atoms with E-state index < -0.39 is 0 Å². The van der Waals surface area contributed by atoms with Gasteiger partial charge in [-0.25, -0.2) is 4.98 Å². The molecule has 1 heterocycles. The van der Waals surface area contributed by atoms with Crippen LogP contribution in [0.5, 0.6) is 0 Å². The van der Waals surface area contributed by atoms with Crippen LogP contribution in [0.1, 0.15) is 68.9 Å². The highest BCUT2D eigenvalue weighted by Crippen LogP contribution is 2.28. The highest BCUT2D eigenvalue weighted by atomic mass is 15.2. The summed E-state index contributed by atoms with van der Waals surface area (Å²) in [6.45, 7) is 0.722. The largest absolute Gasteiger partial charge is 0.330 e. The minimum absolute atomic E-state index is 0.582. The third-order valence-electron chi connectivity index (χ3n) is 3.64. The van der Waals surface area contributed by atoms with Gasteiger partial charge in [0.05, 0.1) is 0 Å². The van der Waals surface area contributed by atoms with Crippen molar-refractivity contribution in [1.29, 1.82) is 0 Å². The summed E-state index contributed by atoms with van der Waals surface area (Å²) in [5.74, 6) is 2.63. The molecule has 4 heteroatoms. The summed E-state index contributed by atoms with van der Waals surface area (Å²) in [6.07, 6.45) is 11.2. The van der Waals surface area contributed by atoms with Gasteiger partial charge in [-0.1, -0.05) is 32.1 Å². The van der Waals surface area contributed by atoms with Crippen LogP contribution in [0.15, 0.2) is 0 Å². The van der Waals surface area contributed by atoms with Crippen LogP contribution in [0.4, 0.5) is 0 Å². The van der Waals surface area contributed by atoms with Gasteiger partial charge in [-0.3, -0.25) is 5.10 Å². The normalized spacial score (nSPS) is 18.9. The maximum absolute atomic E-state index is 5.50. The van der Waals surface area contributed by atoms with Crippen molar-refractivity contribution in [1.82, 2.24) is 15.2 Å². The Kier molecular flexibility index (Phi) is 4.98. The fourth-order valence-electron chi connectivity index (χ4n) is 2.59. The number of hydrogen-bond donors (Lipinski definition) is 2. The molecule has 1 aliphatic rings. The topological polar surface area (TPSA) is 67.6 Å². The quantitative estimate of drug-likeness (QED) is 0.844. The molecule has 0 atom stereocenters. The van der Waals surface area contributed by atoms with Crippen LogP contribution in [0.2, 0.25) is 0 Å². The number of rotatable bonds is 4. The SMILES string of the molecule is NCCCc1nc(C2CCCCCCC2)n[nH]1. The van der Waals surface area contributed by atoms with Crippen molar-refractivity contribution in [3.63, 3.8) is 0 Å². The number of aromatic amines is 1. The standard InChI is InChI=1S/C13H24N4/c14-10-6-9-12-15-13(17-16-12)11-7-4-2-1-3-5-8-11/h11H,1-10,14H2,(H,15,16,17). The van der Waals surface area contributed by atoms with Crippen molar-refractivity contribution in [3.8, 4) is 0 Å². The van der Waals surface area contributed by atoms with Crippen molar-refractivity contribution >= 4 is 0 Å². The molecule has 0 aliphatic heterocycles. The minimum atomic E-state index is 0.582. The lowest BCUT2D eigenvalue weighted by molar-refractivity contribution is 0.443. The second-order valence-electron chi connectivity index (χ2n) is 5.07. The Morgan fingerprint density at radius 2 is 1.82 bits per heavy atom. The Balaban J connectivity index is 1.92. The molecule has 0 radical (unpaired) electrons. The Bertz CT molecular complexity index is 313. The zero-order valence-electron chi connectivity index (χ0n) is 10.6. The van der Waals surface area contributed by atoms with Crippen molar-refractivity contribution in [2.24, 2.45) is 5.73 Å². The minimum Gasteiger partial charge on any atom is -0.330 e. The molecule has 1 aromatic heterocycles. The Morgan fingerprint density at radius 3 is 2.53 bits per heavy atom. The summed E-state index contributed by atoms with van der Waals surface area (Å²) in [4.78, 5) is 4.62.